The number of rotatable bonds is 1. The SMILES string of the molecule is FC(F)C1NCCc2cc(Cl)ccc21. The number of hydrogen-bond acceptors (Lipinski definition) is 1. The molecule has 0 saturated carbocycles. The van der Waals surface area contributed by atoms with Crippen molar-refractivity contribution in [3.63, 3.8) is 0 Å². The summed E-state index contributed by atoms with van der Waals surface area (Å²) in [6.45, 7) is 0.586. The lowest BCUT2D eigenvalue weighted by atomic mass is 9.95. The van der Waals surface area contributed by atoms with Gasteiger partial charge < -0.3 is 5.32 Å². The van der Waals surface area contributed by atoms with E-state index in [-0.39, 0.29) is 0 Å². The van der Waals surface area contributed by atoms with Gasteiger partial charge in [0.1, 0.15) is 0 Å². The minimum absolute atomic E-state index is 0.586. The van der Waals surface area contributed by atoms with E-state index in [1.54, 1.807) is 18.2 Å². The van der Waals surface area contributed by atoms with Crippen molar-refractivity contribution in [3.8, 4) is 0 Å². The number of halogens is 3. The fourth-order valence-electron chi connectivity index (χ4n) is 1.79. The van der Waals surface area contributed by atoms with E-state index in [2.05, 4.69) is 5.32 Å². The smallest absolute Gasteiger partial charge is 0.257 e. The van der Waals surface area contributed by atoms with Gasteiger partial charge in [-0.05, 0) is 36.2 Å². The van der Waals surface area contributed by atoms with E-state index in [9.17, 15) is 8.78 Å². The molecule has 1 aromatic rings. The van der Waals surface area contributed by atoms with Crippen LogP contribution in [0.1, 0.15) is 17.2 Å². The normalized spacial score (nSPS) is 21.0. The maximum Gasteiger partial charge on any atom is 0.257 e. The molecule has 1 aliphatic rings. The molecule has 0 saturated heterocycles. The molecule has 1 aromatic carbocycles. The van der Waals surface area contributed by atoms with E-state index >= 15 is 0 Å². The Bertz CT molecular complexity index is 341. The summed E-state index contributed by atoms with van der Waals surface area (Å²) in [7, 11) is 0. The topological polar surface area (TPSA) is 12.0 Å². The molecular formula is C10H10ClF2N. The van der Waals surface area contributed by atoms with Gasteiger partial charge in [-0.2, -0.15) is 0 Å². The molecule has 0 amide bonds. The van der Waals surface area contributed by atoms with E-state index < -0.39 is 12.5 Å². The number of nitrogens with one attached hydrogen (secondary N) is 1. The van der Waals surface area contributed by atoms with Crippen molar-refractivity contribution in [1.82, 2.24) is 5.32 Å². The molecule has 1 nitrogen and oxygen atoms in total. The predicted molar refractivity (Wildman–Crippen MR) is 51.9 cm³/mol. The molecule has 0 aromatic heterocycles. The molecule has 1 heterocycles. The quantitative estimate of drug-likeness (QED) is 0.763. The van der Waals surface area contributed by atoms with Crippen LogP contribution in [0.5, 0.6) is 0 Å². The van der Waals surface area contributed by atoms with Gasteiger partial charge in [-0.15, -0.1) is 0 Å². The minimum atomic E-state index is -2.37. The summed E-state index contributed by atoms with van der Waals surface area (Å²) in [5.41, 5.74) is 1.61. The van der Waals surface area contributed by atoms with Gasteiger partial charge in [0.05, 0.1) is 6.04 Å². The fraction of sp³-hybridized carbons (Fsp3) is 0.400. The van der Waals surface area contributed by atoms with Gasteiger partial charge in [0, 0.05) is 5.02 Å². The Hall–Kier alpha value is -0.670. The predicted octanol–water partition coefficient (Wildman–Crippen LogP) is 2.79. The van der Waals surface area contributed by atoms with Crippen LogP contribution in [0.25, 0.3) is 0 Å². The average molecular weight is 218 g/mol. The van der Waals surface area contributed by atoms with Crippen LogP contribution in [0, 0.1) is 0 Å². The molecule has 0 bridgehead atoms. The molecule has 0 aliphatic carbocycles. The first-order chi connectivity index (χ1) is 6.68. The van der Waals surface area contributed by atoms with Gasteiger partial charge in [0.25, 0.3) is 6.43 Å². The van der Waals surface area contributed by atoms with Gasteiger partial charge in [0.2, 0.25) is 0 Å². The minimum Gasteiger partial charge on any atom is -0.305 e. The standard InChI is InChI=1S/C10H10ClF2N/c11-7-1-2-8-6(5-7)3-4-14-9(8)10(12)13/h1-2,5,9-10,14H,3-4H2. The van der Waals surface area contributed by atoms with Gasteiger partial charge in [0.15, 0.2) is 0 Å². The number of hydrogen-bond donors (Lipinski definition) is 1. The zero-order valence-electron chi connectivity index (χ0n) is 7.43. The number of benzene rings is 1. The van der Waals surface area contributed by atoms with Crippen molar-refractivity contribution >= 4 is 11.6 Å². The van der Waals surface area contributed by atoms with E-state index in [0.29, 0.717) is 17.1 Å². The maximum absolute atomic E-state index is 12.6. The molecule has 0 spiro atoms. The first-order valence-corrected chi connectivity index (χ1v) is 4.86. The highest BCUT2D eigenvalue weighted by Gasteiger charge is 2.27. The van der Waals surface area contributed by atoms with E-state index in [0.717, 1.165) is 12.0 Å². The Balaban J connectivity index is 2.40. The molecule has 1 atom stereocenters. The zero-order valence-corrected chi connectivity index (χ0v) is 8.19. The van der Waals surface area contributed by atoms with Crippen molar-refractivity contribution in [2.75, 3.05) is 6.54 Å². The highest BCUT2D eigenvalue weighted by atomic mass is 35.5. The zero-order chi connectivity index (χ0) is 10.1. The molecule has 76 valence electrons. The lowest BCUT2D eigenvalue weighted by Crippen LogP contribution is -2.34. The third-order valence-electron chi connectivity index (χ3n) is 2.45. The summed E-state index contributed by atoms with van der Waals surface area (Å²) in [4.78, 5) is 0. The Morgan fingerprint density at radius 3 is 2.93 bits per heavy atom. The number of alkyl halides is 2. The third kappa shape index (κ3) is 1.74. The first kappa shape index (κ1) is 9.87. The largest absolute Gasteiger partial charge is 0.305 e. The summed E-state index contributed by atoms with van der Waals surface area (Å²) in [5, 5.41) is 3.41. The van der Waals surface area contributed by atoms with E-state index in [4.69, 9.17) is 11.6 Å². The Morgan fingerprint density at radius 1 is 1.43 bits per heavy atom. The van der Waals surface area contributed by atoms with Gasteiger partial charge in [-0.25, -0.2) is 8.78 Å². The number of fused-ring (bicyclic) bond motifs is 1. The second kappa shape index (κ2) is 3.83. The third-order valence-corrected chi connectivity index (χ3v) is 2.69. The van der Waals surface area contributed by atoms with E-state index in [1.165, 1.54) is 0 Å². The van der Waals surface area contributed by atoms with Crippen molar-refractivity contribution in [3.05, 3.63) is 34.3 Å². The molecular weight excluding hydrogens is 208 g/mol. The van der Waals surface area contributed by atoms with Gasteiger partial charge in [-0.3, -0.25) is 0 Å². The molecule has 0 radical (unpaired) electrons. The molecule has 1 aliphatic heterocycles. The van der Waals surface area contributed by atoms with Crippen LogP contribution in [0.3, 0.4) is 0 Å². The summed E-state index contributed by atoms with van der Waals surface area (Å²) in [6, 6.07) is 4.27. The average Bonchev–Trinajstić information content (AvgIpc) is 2.16. The second-order valence-electron chi connectivity index (χ2n) is 3.36. The molecule has 2 rings (SSSR count). The lowest BCUT2D eigenvalue weighted by molar-refractivity contribution is 0.0954. The fourth-order valence-corrected chi connectivity index (χ4v) is 1.99. The summed E-state index contributed by atoms with van der Waals surface area (Å²) >= 11 is 5.80. The summed E-state index contributed by atoms with van der Waals surface area (Å²) in [6.07, 6.45) is -1.60. The molecule has 1 N–H and O–H groups in total. The van der Waals surface area contributed by atoms with Crippen molar-refractivity contribution < 1.29 is 8.78 Å². The van der Waals surface area contributed by atoms with Crippen LogP contribution < -0.4 is 5.32 Å². The summed E-state index contributed by atoms with van der Waals surface area (Å²) < 4.78 is 25.2. The lowest BCUT2D eigenvalue weighted by Gasteiger charge is -2.26. The first-order valence-electron chi connectivity index (χ1n) is 4.48. The highest BCUT2D eigenvalue weighted by molar-refractivity contribution is 6.30. The van der Waals surface area contributed by atoms with Crippen LogP contribution in [0.2, 0.25) is 5.02 Å². The Labute approximate surface area is 86.1 Å². The van der Waals surface area contributed by atoms with Crippen LogP contribution in [0.15, 0.2) is 18.2 Å². The van der Waals surface area contributed by atoms with Crippen molar-refractivity contribution in [2.45, 2.75) is 18.9 Å². The Morgan fingerprint density at radius 2 is 2.21 bits per heavy atom. The van der Waals surface area contributed by atoms with Crippen molar-refractivity contribution in [1.29, 1.82) is 0 Å². The highest BCUT2D eigenvalue weighted by Crippen LogP contribution is 2.29. The van der Waals surface area contributed by atoms with Crippen molar-refractivity contribution in [2.24, 2.45) is 0 Å². The maximum atomic E-state index is 12.6. The second-order valence-corrected chi connectivity index (χ2v) is 3.80. The summed E-state index contributed by atoms with van der Waals surface area (Å²) in [5.74, 6) is 0. The Kier molecular flexibility index (Phi) is 2.70. The van der Waals surface area contributed by atoms with Crippen LogP contribution >= 0.6 is 11.6 Å². The van der Waals surface area contributed by atoms with Crippen LogP contribution in [-0.2, 0) is 6.42 Å². The monoisotopic (exact) mass is 217 g/mol. The van der Waals surface area contributed by atoms with Gasteiger partial charge >= 0.3 is 0 Å². The van der Waals surface area contributed by atoms with Crippen LogP contribution in [-0.4, -0.2) is 13.0 Å². The van der Waals surface area contributed by atoms with E-state index in [1.807, 2.05) is 0 Å². The molecule has 0 fully saturated rings. The molecule has 1 unspecified atom stereocenters. The van der Waals surface area contributed by atoms with Gasteiger partial charge in [-0.1, -0.05) is 17.7 Å². The molecule has 14 heavy (non-hydrogen) atoms. The van der Waals surface area contributed by atoms with Crippen LogP contribution in [0.4, 0.5) is 8.78 Å². The molecule has 4 heteroatoms.